The maximum absolute atomic E-state index is 10.8. The van der Waals surface area contributed by atoms with Crippen LogP contribution in [-0.4, -0.2) is 48.5 Å². The van der Waals surface area contributed by atoms with Crippen molar-refractivity contribution in [1.82, 2.24) is 4.90 Å². The Bertz CT molecular complexity index is 745. The van der Waals surface area contributed by atoms with E-state index in [4.69, 9.17) is 9.47 Å². The molecule has 1 saturated heterocycles. The number of rotatable bonds is 3. The molecular formula is C22H29NO3. The smallest absolute Gasteiger partial charge is 0.165 e. The van der Waals surface area contributed by atoms with Crippen LogP contribution in [0.15, 0.2) is 12.1 Å². The fourth-order valence-corrected chi connectivity index (χ4v) is 6.98. The zero-order valence-corrected chi connectivity index (χ0v) is 15.6. The highest BCUT2D eigenvalue weighted by atomic mass is 16.5. The first-order valence-electron chi connectivity index (χ1n) is 10.5. The predicted molar refractivity (Wildman–Crippen MR) is 98.8 cm³/mol. The van der Waals surface area contributed by atoms with Crippen molar-refractivity contribution in [3.63, 3.8) is 0 Å². The number of likely N-dealkylation sites (tertiary alicyclic amines) is 1. The molecule has 0 aromatic heterocycles. The molecule has 1 aromatic carbocycles. The monoisotopic (exact) mass is 355 g/mol. The van der Waals surface area contributed by atoms with E-state index in [-0.39, 0.29) is 17.6 Å². The Hall–Kier alpha value is -1.26. The van der Waals surface area contributed by atoms with Gasteiger partial charge in [-0.15, -0.1) is 0 Å². The van der Waals surface area contributed by atoms with Crippen LogP contribution in [0.5, 0.6) is 11.5 Å². The van der Waals surface area contributed by atoms with Crippen LogP contribution in [0.25, 0.3) is 0 Å². The van der Waals surface area contributed by atoms with E-state index in [0.717, 1.165) is 49.6 Å². The number of nitrogens with zero attached hydrogens (tertiary/aromatic N) is 1. The Labute approximate surface area is 155 Å². The Kier molecular flexibility index (Phi) is 3.27. The van der Waals surface area contributed by atoms with Gasteiger partial charge in [0.1, 0.15) is 6.10 Å². The summed E-state index contributed by atoms with van der Waals surface area (Å²) in [6, 6.07) is 4.96. The van der Waals surface area contributed by atoms with E-state index in [0.29, 0.717) is 12.0 Å². The highest BCUT2D eigenvalue weighted by Gasteiger charge is 2.65. The molecule has 0 amide bonds. The zero-order valence-electron chi connectivity index (χ0n) is 15.6. The van der Waals surface area contributed by atoms with E-state index in [2.05, 4.69) is 17.0 Å². The average molecular weight is 355 g/mol. The van der Waals surface area contributed by atoms with Crippen molar-refractivity contribution in [1.29, 1.82) is 0 Å². The van der Waals surface area contributed by atoms with Crippen molar-refractivity contribution in [3.8, 4) is 11.5 Å². The fraction of sp³-hybridized carbons (Fsp3) is 0.727. The van der Waals surface area contributed by atoms with Crippen LogP contribution in [0.1, 0.15) is 49.7 Å². The lowest BCUT2D eigenvalue weighted by Gasteiger charge is -2.59. The third kappa shape index (κ3) is 1.83. The molecule has 4 heteroatoms. The molecule has 1 N–H and O–H groups in total. The van der Waals surface area contributed by atoms with Crippen molar-refractivity contribution in [2.75, 3.05) is 20.2 Å². The van der Waals surface area contributed by atoms with Crippen LogP contribution in [-0.2, 0) is 11.8 Å². The van der Waals surface area contributed by atoms with Crippen molar-refractivity contribution in [2.24, 2.45) is 11.8 Å². The number of hydrogen-bond acceptors (Lipinski definition) is 4. The van der Waals surface area contributed by atoms with Crippen molar-refractivity contribution in [3.05, 3.63) is 23.3 Å². The van der Waals surface area contributed by atoms with E-state index in [1.54, 1.807) is 7.11 Å². The second kappa shape index (κ2) is 5.39. The molecule has 2 heterocycles. The minimum atomic E-state index is -0.354. The number of aliphatic hydroxyl groups excluding tert-OH is 1. The number of benzene rings is 1. The van der Waals surface area contributed by atoms with Gasteiger partial charge in [0.05, 0.1) is 13.2 Å². The summed E-state index contributed by atoms with van der Waals surface area (Å²) < 4.78 is 12.1. The lowest BCUT2D eigenvalue weighted by molar-refractivity contribution is -0.107. The number of piperidine rings is 1. The lowest BCUT2D eigenvalue weighted by atomic mass is 9.51. The van der Waals surface area contributed by atoms with Gasteiger partial charge in [0, 0.05) is 23.6 Å². The Morgan fingerprint density at radius 1 is 1.27 bits per heavy atom. The third-order valence-electron chi connectivity index (χ3n) is 8.32. The normalized spacial score (nSPS) is 40.5. The van der Waals surface area contributed by atoms with Crippen LogP contribution in [0, 0.1) is 11.8 Å². The number of hydrogen-bond donors (Lipinski definition) is 1. The van der Waals surface area contributed by atoms with Gasteiger partial charge >= 0.3 is 0 Å². The summed E-state index contributed by atoms with van der Waals surface area (Å²) in [6.45, 7) is 2.43. The Balaban J connectivity index is 1.47. The lowest BCUT2D eigenvalue weighted by Crippen LogP contribution is -2.67. The van der Waals surface area contributed by atoms with Gasteiger partial charge in [-0.25, -0.2) is 0 Å². The van der Waals surface area contributed by atoms with Crippen molar-refractivity contribution in [2.45, 2.75) is 68.6 Å². The molecule has 2 aliphatic heterocycles. The summed E-state index contributed by atoms with van der Waals surface area (Å²) in [7, 11) is 1.72. The van der Waals surface area contributed by atoms with Gasteiger partial charge in [-0.05, 0) is 68.5 Å². The standard InChI is InChI=1S/C22H29NO3/c1-25-18-8-5-14-11-16-15-6-7-17(24)21-22(15,19(14)20(18)26-21)9-10-23(16)12-13-3-2-4-13/h5,8,13,15-17,21,24H,2-4,6-7,9-12H2,1H3/t15-,16?,17?,21?,22-/m1/s1. The van der Waals surface area contributed by atoms with Crippen molar-refractivity contribution >= 4 is 0 Å². The molecule has 2 saturated carbocycles. The van der Waals surface area contributed by atoms with Crippen LogP contribution < -0.4 is 9.47 Å². The average Bonchev–Trinajstić information content (AvgIpc) is 2.96. The molecule has 0 radical (unpaired) electrons. The minimum Gasteiger partial charge on any atom is -0.493 e. The maximum Gasteiger partial charge on any atom is 0.165 e. The molecular weight excluding hydrogens is 326 g/mol. The van der Waals surface area contributed by atoms with Gasteiger partial charge in [-0.1, -0.05) is 12.5 Å². The number of ether oxygens (including phenoxy) is 2. The van der Waals surface area contributed by atoms with Gasteiger partial charge in [0.15, 0.2) is 11.5 Å². The predicted octanol–water partition coefficient (Wildman–Crippen LogP) is 2.90. The fourth-order valence-electron chi connectivity index (χ4n) is 6.98. The zero-order chi connectivity index (χ0) is 17.5. The summed E-state index contributed by atoms with van der Waals surface area (Å²) in [4.78, 5) is 2.81. The van der Waals surface area contributed by atoms with Crippen LogP contribution >= 0.6 is 0 Å². The minimum absolute atomic E-state index is 0.00982. The van der Waals surface area contributed by atoms with E-state index < -0.39 is 0 Å². The molecule has 6 rings (SSSR count). The highest BCUT2D eigenvalue weighted by molar-refractivity contribution is 5.61. The first kappa shape index (κ1) is 15.8. The van der Waals surface area contributed by atoms with E-state index in [1.165, 1.54) is 36.9 Å². The molecule has 3 aliphatic carbocycles. The van der Waals surface area contributed by atoms with Gasteiger partial charge in [-0.3, -0.25) is 4.90 Å². The van der Waals surface area contributed by atoms with Gasteiger partial charge in [0.2, 0.25) is 0 Å². The maximum atomic E-state index is 10.8. The topological polar surface area (TPSA) is 41.9 Å². The van der Waals surface area contributed by atoms with E-state index >= 15 is 0 Å². The van der Waals surface area contributed by atoms with Gasteiger partial charge in [0.25, 0.3) is 0 Å². The molecule has 26 heavy (non-hydrogen) atoms. The van der Waals surface area contributed by atoms with Gasteiger partial charge < -0.3 is 14.6 Å². The summed E-state index contributed by atoms with van der Waals surface area (Å²) >= 11 is 0. The van der Waals surface area contributed by atoms with E-state index in [1.807, 2.05) is 0 Å². The van der Waals surface area contributed by atoms with E-state index in [9.17, 15) is 5.11 Å². The molecule has 4 nitrogen and oxygen atoms in total. The summed E-state index contributed by atoms with van der Waals surface area (Å²) in [5.74, 6) is 3.31. The first-order valence-corrected chi connectivity index (χ1v) is 10.5. The Morgan fingerprint density at radius 2 is 2.15 bits per heavy atom. The summed E-state index contributed by atoms with van der Waals surface area (Å²) in [5.41, 5.74) is 2.85. The molecule has 3 unspecified atom stereocenters. The number of methoxy groups -OCH3 is 1. The Morgan fingerprint density at radius 3 is 2.92 bits per heavy atom. The molecule has 140 valence electrons. The largest absolute Gasteiger partial charge is 0.493 e. The van der Waals surface area contributed by atoms with Gasteiger partial charge in [-0.2, -0.15) is 0 Å². The SMILES string of the molecule is COc1ccc2c3c1OC1C(O)CC[C@@H]4C(C2)N(CC2CCC2)CC[C@@]314. The van der Waals surface area contributed by atoms with Crippen LogP contribution in [0.2, 0.25) is 0 Å². The molecule has 1 aromatic rings. The second-order valence-corrected chi connectivity index (χ2v) is 9.27. The molecule has 2 bridgehead atoms. The quantitative estimate of drug-likeness (QED) is 0.905. The number of aliphatic hydroxyl groups is 1. The van der Waals surface area contributed by atoms with Crippen LogP contribution in [0.4, 0.5) is 0 Å². The first-order chi connectivity index (χ1) is 12.7. The highest BCUT2D eigenvalue weighted by Crippen LogP contribution is 2.64. The molecule has 1 spiro atoms. The summed E-state index contributed by atoms with van der Waals surface area (Å²) in [5, 5.41) is 10.8. The third-order valence-corrected chi connectivity index (χ3v) is 8.32. The molecule has 5 atom stereocenters. The second-order valence-electron chi connectivity index (χ2n) is 9.27. The van der Waals surface area contributed by atoms with Crippen molar-refractivity contribution < 1.29 is 14.6 Å². The summed E-state index contributed by atoms with van der Waals surface area (Å²) in [6.07, 6.45) is 8.08. The molecule has 3 fully saturated rings. The molecule has 5 aliphatic rings. The van der Waals surface area contributed by atoms with Crippen LogP contribution in [0.3, 0.4) is 0 Å².